The van der Waals surface area contributed by atoms with Crippen LogP contribution in [-0.4, -0.2) is 0 Å². The summed E-state index contributed by atoms with van der Waals surface area (Å²) in [4.78, 5) is 0. The third-order valence-corrected chi connectivity index (χ3v) is 0.354. The Morgan fingerprint density at radius 1 is 1.29 bits per heavy atom. The molecule has 0 N–H and O–H groups in total. The van der Waals surface area contributed by atoms with Crippen molar-refractivity contribution in [3.63, 3.8) is 0 Å². The van der Waals surface area contributed by atoms with Crippen LogP contribution in [0.3, 0.4) is 0 Å². The number of hydrogen-bond donors (Lipinski definition) is 0. The Morgan fingerprint density at radius 3 is 1.43 bits per heavy atom. The minimum Gasteiger partial charge on any atom is -0.343 e. The van der Waals surface area contributed by atoms with Crippen molar-refractivity contribution in [3.8, 4) is 0 Å². The zero-order valence-electron chi connectivity index (χ0n) is 4.44. The molecule has 0 atom stereocenters. The molecular formula is C4H11Cl2Zr-. The van der Waals surface area contributed by atoms with Crippen molar-refractivity contribution in [2.75, 3.05) is 0 Å². The summed E-state index contributed by atoms with van der Waals surface area (Å²) < 4.78 is 0. The third kappa shape index (κ3) is 36.7. The van der Waals surface area contributed by atoms with E-state index < -0.39 is 0 Å². The molecule has 7 heavy (non-hydrogen) atoms. The van der Waals surface area contributed by atoms with Crippen LogP contribution in [0.15, 0.2) is 0 Å². The second kappa shape index (κ2) is 26.0. The molecule has 0 aliphatic carbocycles. The summed E-state index contributed by atoms with van der Waals surface area (Å²) in [6, 6.07) is 0. The molecule has 0 fully saturated rings. The molecule has 46 valence electrons. The fraction of sp³-hybridized carbons (Fsp3) is 0.750. The predicted octanol–water partition coefficient (Wildman–Crippen LogP) is 2.46. The largest absolute Gasteiger partial charge is 0.343 e. The first kappa shape index (κ1) is 23.7. The molecule has 0 heterocycles. The van der Waals surface area contributed by atoms with Gasteiger partial charge in [0.05, 0.1) is 0 Å². The molecule has 0 aromatic carbocycles. The predicted molar refractivity (Wildman–Crippen MR) is 34.8 cm³/mol. The fourth-order valence-electron chi connectivity index (χ4n) is 0. The van der Waals surface area contributed by atoms with E-state index in [1.807, 2.05) is 0 Å². The first-order valence-electron chi connectivity index (χ1n) is 1.71. The summed E-state index contributed by atoms with van der Waals surface area (Å²) in [6.45, 7) is 5.72. The van der Waals surface area contributed by atoms with Crippen molar-refractivity contribution in [3.05, 3.63) is 6.92 Å². The van der Waals surface area contributed by atoms with Gasteiger partial charge in [0.15, 0.2) is 0 Å². The maximum Gasteiger partial charge on any atom is 0 e. The van der Waals surface area contributed by atoms with Crippen LogP contribution in [-0.2, 0) is 26.2 Å². The summed E-state index contributed by atoms with van der Waals surface area (Å²) in [5, 5.41) is 0. The Balaban J connectivity index is -0.0000000150. The van der Waals surface area contributed by atoms with E-state index in [2.05, 4.69) is 13.8 Å². The second-order valence-corrected chi connectivity index (χ2v) is 0.854. The molecule has 0 amide bonds. The molecule has 0 saturated carbocycles. The van der Waals surface area contributed by atoms with E-state index in [1.54, 1.807) is 0 Å². The molecular weight excluding hydrogens is 210 g/mol. The average Bonchev–Trinajstić information content (AvgIpc) is 1.37. The topological polar surface area (TPSA) is 0 Å². The van der Waals surface area contributed by atoms with Gasteiger partial charge >= 0.3 is 0 Å². The molecule has 0 radical (unpaired) electrons. The van der Waals surface area contributed by atoms with E-state index in [0.717, 1.165) is 6.42 Å². The Bertz CT molecular complexity index is 11.7. The van der Waals surface area contributed by atoms with E-state index in [4.69, 9.17) is 0 Å². The Labute approximate surface area is 77.4 Å². The van der Waals surface area contributed by atoms with Crippen LogP contribution in [0.1, 0.15) is 19.8 Å². The molecule has 0 aliphatic heterocycles. The van der Waals surface area contributed by atoms with Gasteiger partial charge in [0.1, 0.15) is 0 Å². The minimum absolute atomic E-state index is 0. The van der Waals surface area contributed by atoms with Gasteiger partial charge in [-0.05, 0) is 0 Å². The van der Waals surface area contributed by atoms with Crippen LogP contribution < -0.4 is 0 Å². The van der Waals surface area contributed by atoms with Crippen molar-refractivity contribution in [2.45, 2.75) is 19.8 Å². The van der Waals surface area contributed by atoms with E-state index >= 15 is 0 Å². The van der Waals surface area contributed by atoms with Crippen LogP contribution in [0.25, 0.3) is 0 Å². The molecule has 0 aromatic heterocycles. The quantitative estimate of drug-likeness (QED) is 0.597. The van der Waals surface area contributed by atoms with E-state index in [-0.39, 0.29) is 51.0 Å². The van der Waals surface area contributed by atoms with Gasteiger partial charge in [-0.25, -0.2) is 0 Å². The SMILES string of the molecule is Cl.Cl.[CH2-]CCC.[Zr]. The summed E-state index contributed by atoms with van der Waals surface area (Å²) in [6.07, 6.45) is 2.28. The van der Waals surface area contributed by atoms with Crippen LogP contribution in [0, 0.1) is 6.92 Å². The molecule has 0 saturated heterocycles. The second-order valence-electron chi connectivity index (χ2n) is 0.854. The van der Waals surface area contributed by atoms with Gasteiger partial charge < -0.3 is 6.92 Å². The molecule has 0 rings (SSSR count). The van der Waals surface area contributed by atoms with Crippen molar-refractivity contribution < 1.29 is 26.2 Å². The number of rotatable bonds is 1. The van der Waals surface area contributed by atoms with E-state index in [1.165, 1.54) is 6.42 Å². The smallest absolute Gasteiger partial charge is 0 e. The molecule has 0 aliphatic rings. The molecule has 0 unspecified atom stereocenters. The molecule has 0 bridgehead atoms. The first-order valence-corrected chi connectivity index (χ1v) is 1.71. The molecule has 0 nitrogen and oxygen atoms in total. The zero-order chi connectivity index (χ0) is 3.41. The van der Waals surface area contributed by atoms with Gasteiger partial charge in [-0.1, -0.05) is 13.3 Å². The maximum atomic E-state index is 3.60. The third-order valence-electron chi connectivity index (χ3n) is 0.354. The van der Waals surface area contributed by atoms with Gasteiger partial charge in [-0.2, -0.15) is 6.42 Å². The standard InChI is InChI=1S/C4H9.2ClH.Zr/c1-3-4-2;;;/h1,3-4H2,2H3;2*1H;/q-1;;;. The van der Waals surface area contributed by atoms with Crippen LogP contribution in [0.4, 0.5) is 0 Å². The summed E-state index contributed by atoms with van der Waals surface area (Å²) >= 11 is 0. The molecule has 3 heteroatoms. The van der Waals surface area contributed by atoms with Gasteiger partial charge in [0, 0.05) is 26.2 Å². The van der Waals surface area contributed by atoms with Crippen molar-refractivity contribution in [2.24, 2.45) is 0 Å². The number of halogens is 2. The van der Waals surface area contributed by atoms with Crippen molar-refractivity contribution in [1.29, 1.82) is 0 Å². The van der Waals surface area contributed by atoms with Crippen LogP contribution in [0.2, 0.25) is 0 Å². The Kier molecular flexibility index (Phi) is 87.9. The number of unbranched alkanes of at least 4 members (excludes halogenated alkanes) is 1. The first-order chi connectivity index (χ1) is 1.91. The zero-order valence-corrected chi connectivity index (χ0v) is 8.53. The van der Waals surface area contributed by atoms with Crippen LogP contribution in [0.5, 0.6) is 0 Å². The normalized spacial score (nSPS) is 4.29. The van der Waals surface area contributed by atoms with Gasteiger partial charge in [0.2, 0.25) is 0 Å². The van der Waals surface area contributed by atoms with Gasteiger partial charge in [0.25, 0.3) is 0 Å². The minimum atomic E-state index is 0. The van der Waals surface area contributed by atoms with Crippen molar-refractivity contribution in [1.82, 2.24) is 0 Å². The average molecular weight is 221 g/mol. The number of hydrogen-bond acceptors (Lipinski definition) is 0. The van der Waals surface area contributed by atoms with E-state index in [0.29, 0.717) is 0 Å². The Hall–Kier alpha value is 1.46. The summed E-state index contributed by atoms with van der Waals surface area (Å²) in [7, 11) is 0. The Morgan fingerprint density at radius 2 is 1.43 bits per heavy atom. The van der Waals surface area contributed by atoms with Gasteiger partial charge in [-0.3, -0.25) is 0 Å². The molecule has 0 aromatic rings. The van der Waals surface area contributed by atoms with Crippen LogP contribution >= 0.6 is 24.8 Å². The fourth-order valence-corrected chi connectivity index (χ4v) is 0. The monoisotopic (exact) mass is 219 g/mol. The summed E-state index contributed by atoms with van der Waals surface area (Å²) in [5.74, 6) is 0. The summed E-state index contributed by atoms with van der Waals surface area (Å²) in [5.41, 5.74) is 0. The van der Waals surface area contributed by atoms with Crippen molar-refractivity contribution >= 4 is 24.8 Å². The van der Waals surface area contributed by atoms with E-state index in [9.17, 15) is 0 Å². The van der Waals surface area contributed by atoms with Gasteiger partial charge in [-0.15, -0.1) is 24.8 Å². The maximum absolute atomic E-state index is 3.60. The molecule has 0 spiro atoms.